The molecule has 0 radical (unpaired) electrons. The van der Waals surface area contributed by atoms with E-state index < -0.39 is 23.9 Å². The van der Waals surface area contributed by atoms with Gasteiger partial charge in [0.05, 0.1) is 18.6 Å². The Bertz CT molecular complexity index is 202. The number of carbonyl (C=O) groups excluding carboxylic acids is 1. The summed E-state index contributed by atoms with van der Waals surface area (Å²) in [5.74, 6) is -5.19. The number of halogens is 2. The molecule has 0 aliphatic carbocycles. The molecule has 0 bridgehead atoms. The molecule has 0 aliphatic rings. The number of rotatable bonds is 5. The molecule has 3 nitrogen and oxygen atoms in total. The molecule has 0 fully saturated rings. The molecular formula is C9H16F2O3. The van der Waals surface area contributed by atoms with E-state index in [-0.39, 0.29) is 13.0 Å². The third kappa shape index (κ3) is 4.00. The van der Waals surface area contributed by atoms with Crippen LogP contribution < -0.4 is 0 Å². The highest BCUT2D eigenvalue weighted by Crippen LogP contribution is 2.29. The summed E-state index contributed by atoms with van der Waals surface area (Å²) in [6.07, 6.45) is -0.753. The van der Waals surface area contributed by atoms with Gasteiger partial charge < -0.3 is 9.84 Å². The lowest BCUT2D eigenvalue weighted by Gasteiger charge is -2.25. The minimum atomic E-state index is -3.62. The van der Waals surface area contributed by atoms with Gasteiger partial charge in [-0.15, -0.1) is 0 Å². The second-order valence-corrected chi connectivity index (χ2v) is 3.45. The Morgan fingerprint density at radius 1 is 1.43 bits per heavy atom. The maximum Gasteiger partial charge on any atom is 0.377 e. The highest BCUT2D eigenvalue weighted by atomic mass is 19.3. The molecule has 0 aromatic carbocycles. The van der Waals surface area contributed by atoms with Crippen molar-refractivity contribution in [2.75, 3.05) is 6.61 Å². The van der Waals surface area contributed by atoms with Crippen molar-refractivity contribution < 1.29 is 23.4 Å². The molecule has 0 aromatic rings. The molecule has 0 heterocycles. The molecule has 1 N–H and O–H groups in total. The van der Waals surface area contributed by atoms with Crippen LogP contribution in [0, 0.1) is 0 Å². The first kappa shape index (κ1) is 13.3. The van der Waals surface area contributed by atoms with Crippen LogP contribution in [0.4, 0.5) is 8.78 Å². The van der Waals surface area contributed by atoms with Crippen molar-refractivity contribution in [3.05, 3.63) is 0 Å². The average Bonchev–Trinajstić information content (AvgIpc) is 2.03. The van der Waals surface area contributed by atoms with Gasteiger partial charge in [0.15, 0.2) is 0 Å². The van der Waals surface area contributed by atoms with Crippen LogP contribution in [0.5, 0.6) is 0 Å². The van der Waals surface area contributed by atoms with Gasteiger partial charge in [-0.1, -0.05) is 6.92 Å². The van der Waals surface area contributed by atoms with E-state index in [1.807, 2.05) is 0 Å². The van der Waals surface area contributed by atoms with Crippen molar-refractivity contribution in [1.29, 1.82) is 0 Å². The zero-order valence-electron chi connectivity index (χ0n) is 8.64. The van der Waals surface area contributed by atoms with Crippen molar-refractivity contribution in [2.24, 2.45) is 0 Å². The van der Waals surface area contributed by atoms with E-state index >= 15 is 0 Å². The number of hydrogen-bond acceptors (Lipinski definition) is 3. The van der Waals surface area contributed by atoms with Gasteiger partial charge in [0.1, 0.15) is 0 Å². The Kier molecular flexibility index (Phi) is 4.45. The molecule has 1 atom stereocenters. The first-order valence-corrected chi connectivity index (χ1v) is 4.52. The molecule has 0 rings (SSSR count). The van der Waals surface area contributed by atoms with E-state index in [4.69, 9.17) is 0 Å². The molecule has 0 aromatic heterocycles. The van der Waals surface area contributed by atoms with Crippen LogP contribution in [0.25, 0.3) is 0 Å². The van der Waals surface area contributed by atoms with Gasteiger partial charge in [0.25, 0.3) is 0 Å². The number of carbonyl (C=O) groups is 1. The highest BCUT2D eigenvalue weighted by Gasteiger charge is 2.45. The van der Waals surface area contributed by atoms with Gasteiger partial charge in [-0.2, -0.15) is 8.78 Å². The second-order valence-electron chi connectivity index (χ2n) is 3.45. The van der Waals surface area contributed by atoms with Crippen molar-refractivity contribution in [1.82, 2.24) is 0 Å². The molecule has 0 spiro atoms. The van der Waals surface area contributed by atoms with Crippen LogP contribution in [0.15, 0.2) is 0 Å². The van der Waals surface area contributed by atoms with Crippen LogP contribution in [-0.4, -0.2) is 29.2 Å². The van der Waals surface area contributed by atoms with Crippen LogP contribution >= 0.6 is 0 Å². The fraction of sp³-hybridized carbons (Fsp3) is 0.889. The Morgan fingerprint density at radius 3 is 2.29 bits per heavy atom. The summed E-state index contributed by atoms with van der Waals surface area (Å²) < 4.78 is 30.3. The molecule has 0 saturated heterocycles. The van der Waals surface area contributed by atoms with Gasteiger partial charge in [-0.3, -0.25) is 0 Å². The van der Waals surface area contributed by atoms with E-state index in [2.05, 4.69) is 4.74 Å². The molecular weight excluding hydrogens is 194 g/mol. The number of alkyl halides is 2. The SMILES string of the molecule is CCOC(=O)C(F)(F)CC(C)(O)CC. The Hall–Kier alpha value is -0.710. The first-order valence-electron chi connectivity index (χ1n) is 4.52. The third-order valence-electron chi connectivity index (χ3n) is 1.94. The van der Waals surface area contributed by atoms with Crippen LogP contribution in [-0.2, 0) is 9.53 Å². The Labute approximate surface area is 82.1 Å². The summed E-state index contributed by atoms with van der Waals surface area (Å²) in [5, 5.41) is 9.39. The average molecular weight is 210 g/mol. The predicted octanol–water partition coefficient (Wildman–Crippen LogP) is 1.74. The van der Waals surface area contributed by atoms with Crippen LogP contribution in [0.2, 0.25) is 0 Å². The largest absolute Gasteiger partial charge is 0.462 e. The summed E-state index contributed by atoms with van der Waals surface area (Å²) in [5.41, 5.74) is -1.55. The van der Waals surface area contributed by atoms with E-state index in [0.29, 0.717) is 0 Å². The topological polar surface area (TPSA) is 46.5 Å². The standard InChI is InChI=1S/C9H16F2O3/c1-4-8(3,13)6-9(10,11)7(12)14-5-2/h13H,4-6H2,1-3H3. The Morgan fingerprint density at radius 2 is 1.93 bits per heavy atom. The minimum absolute atomic E-state index is 0.0946. The summed E-state index contributed by atoms with van der Waals surface area (Å²) in [6, 6.07) is 0. The van der Waals surface area contributed by atoms with Crippen LogP contribution in [0.1, 0.15) is 33.6 Å². The van der Waals surface area contributed by atoms with Crippen molar-refractivity contribution in [3.8, 4) is 0 Å². The molecule has 0 saturated carbocycles. The summed E-state index contributed by atoms with van der Waals surface area (Å²) in [6.45, 7) is 4.19. The summed E-state index contributed by atoms with van der Waals surface area (Å²) >= 11 is 0. The lowest BCUT2D eigenvalue weighted by molar-refractivity contribution is -0.179. The van der Waals surface area contributed by atoms with Crippen molar-refractivity contribution in [3.63, 3.8) is 0 Å². The number of hydrogen-bond donors (Lipinski definition) is 1. The zero-order chi connectivity index (χ0) is 11.4. The van der Waals surface area contributed by atoms with E-state index in [9.17, 15) is 18.7 Å². The number of esters is 1. The van der Waals surface area contributed by atoms with E-state index in [1.54, 1.807) is 6.92 Å². The van der Waals surface area contributed by atoms with Crippen LogP contribution in [0.3, 0.4) is 0 Å². The van der Waals surface area contributed by atoms with Crippen molar-refractivity contribution >= 4 is 5.97 Å². The normalized spacial score (nSPS) is 16.1. The molecule has 5 heteroatoms. The van der Waals surface area contributed by atoms with Gasteiger partial charge in [0.2, 0.25) is 0 Å². The van der Waals surface area contributed by atoms with Gasteiger partial charge in [-0.05, 0) is 20.3 Å². The summed E-state index contributed by atoms with van der Waals surface area (Å²) in [7, 11) is 0. The van der Waals surface area contributed by atoms with E-state index in [1.165, 1.54) is 13.8 Å². The number of aliphatic hydroxyl groups is 1. The van der Waals surface area contributed by atoms with Gasteiger partial charge >= 0.3 is 11.9 Å². The first-order chi connectivity index (χ1) is 6.25. The fourth-order valence-corrected chi connectivity index (χ4v) is 0.912. The second kappa shape index (κ2) is 4.68. The zero-order valence-corrected chi connectivity index (χ0v) is 8.64. The number of ether oxygens (including phenoxy) is 1. The molecule has 1 unspecified atom stereocenters. The maximum atomic E-state index is 13.1. The maximum absolute atomic E-state index is 13.1. The molecule has 0 amide bonds. The highest BCUT2D eigenvalue weighted by molar-refractivity contribution is 5.77. The smallest absolute Gasteiger partial charge is 0.377 e. The lowest BCUT2D eigenvalue weighted by Crippen LogP contribution is -2.39. The Balaban J connectivity index is 4.40. The predicted molar refractivity (Wildman–Crippen MR) is 47.1 cm³/mol. The van der Waals surface area contributed by atoms with Gasteiger partial charge in [-0.25, -0.2) is 4.79 Å². The van der Waals surface area contributed by atoms with E-state index in [0.717, 1.165) is 0 Å². The lowest BCUT2D eigenvalue weighted by atomic mass is 9.95. The third-order valence-corrected chi connectivity index (χ3v) is 1.94. The fourth-order valence-electron chi connectivity index (χ4n) is 0.912. The molecule has 0 aliphatic heterocycles. The summed E-state index contributed by atoms with van der Waals surface area (Å²) in [4.78, 5) is 10.8. The monoisotopic (exact) mass is 210 g/mol. The minimum Gasteiger partial charge on any atom is -0.462 e. The molecule has 84 valence electrons. The quantitative estimate of drug-likeness (QED) is 0.703. The van der Waals surface area contributed by atoms with Gasteiger partial charge in [0, 0.05) is 0 Å². The van der Waals surface area contributed by atoms with Crippen molar-refractivity contribution in [2.45, 2.75) is 45.1 Å². The molecule has 14 heavy (non-hydrogen) atoms.